The van der Waals surface area contributed by atoms with Gasteiger partial charge in [0, 0.05) is 32.4 Å². The van der Waals surface area contributed by atoms with Gasteiger partial charge in [-0.25, -0.2) is 0 Å². The standard InChI is InChI=1S/C22H27N3O2/c1-17-14-23-25(15-17)9-3-8-24-10-11-27-22(16-24)20-5-4-19-13-21(26-2)7-6-18(19)12-20/h4-7,12-15,22H,3,8-11,16H2,1-2H3. The van der Waals surface area contributed by atoms with E-state index in [9.17, 15) is 0 Å². The molecule has 0 saturated carbocycles. The zero-order valence-corrected chi connectivity index (χ0v) is 16.1. The van der Waals surface area contributed by atoms with Crippen LogP contribution in [0.1, 0.15) is 23.7 Å². The summed E-state index contributed by atoms with van der Waals surface area (Å²) < 4.78 is 13.4. The Morgan fingerprint density at radius 1 is 1.15 bits per heavy atom. The van der Waals surface area contributed by atoms with E-state index in [0.717, 1.165) is 45.0 Å². The molecule has 0 aliphatic carbocycles. The van der Waals surface area contributed by atoms with E-state index in [2.05, 4.69) is 53.5 Å². The second-order valence-electron chi connectivity index (χ2n) is 7.27. The molecule has 2 aromatic carbocycles. The predicted molar refractivity (Wildman–Crippen MR) is 107 cm³/mol. The van der Waals surface area contributed by atoms with Crippen LogP contribution in [0.5, 0.6) is 5.75 Å². The first-order chi connectivity index (χ1) is 13.2. The number of fused-ring (bicyclic) bond motifs is 1. The molecule has 0 bridgehead atoms. The van der Waals surface area contributed by atoms with Crippen molar-refractivity contribution in [2.75, 3.05) is 33.4 Å². The second-order valence-corrected chi connectivity index (χ2v) is 7.27. The Balaban J connectivity index is 1.38. The van der Waals surface area contributed by atoms with Crippen LogP contribution in [0.15, 0.2) is 48.8 Å². The molecular weight excluding hydrogens is 338 g/mol. The van der Waals surface area contributed by atoms with Crippen molar-refractivity contribution in [3.05, 3.63) is 59.9 Å². The van der Waals surface area contributed by atoms with E-state index < -0.39 is 0 Å². The lowest BCUT2D eigenvalue weighted by atomic mass is 10.0. The van der Waals surface area contributed by atoms with Crippen molar-refractivity contribution in [3.8, 4) is 5.75 Å². The molecule has 0 amide bonds. The summed E-state index contributed by atoms with van der Waals surface area (Å²) in [6.45, 7) is 6.85. The van der Waals surface area contributed by atoms with Crippen molar-refractivity contribution in [1.82, 2.24) is 14.7 Å². The molecule has 4 rings (SSSR count). The smallest absolute Gasteiger partial charge is 0.119 e. The van der Waals surface area contributed by atoms with Gasteiger partial charge in [0.25, 0.3) is 0 Å². The number of aryl methyl sites for hydroxylation is 2. The Morgan fingerprint density at radius 2 is 2.00 bits per heavy atom. The summed E-state index contributed by atoms with van der Waals surface area (Å²) >= 11 is 0. The Kier molecular flexibility index (Phi) is 5.41. The van der Waals surface area contributed by atoms with Crippen LogP contribution in [0, 0.1) is 6.92 Å². The molecule has 1 aromatic heterocycles. The Hall–Kier alpha value is -2.37. The van der Waals surface area contributed by atoms with E-state index in [4.69, 9.17) is 9.47 Å². The number of hydrogen-bond donors (Lipinski definition) is 0. The van der Waals surface area contributed by atoms with Crippen molar-refractivity contribution in [2.45, 2.75) is 26.0 Å². The summed E-state index contributed by atoms with van der Waals surface area (Å²) in [5.41, 5.74) is 2.47. The first-order valence-corrected chi connectivity index (χ1v) is 9.62. The van der Waals surface area contributed by atoms with Crippen molar-refractivity contribution in [3.63, 3.8) is 0 Å². The fourth-order valence-electron chi connectivity index (χ4n) is 3.72. The molecule has 1 aliphatic rings. The Bertz CT molecular complexity index is 905. The van der Waals surface area contributed by atoms with Gasteiger partial charge in [-0.3, -0.25) is 9.58 Å². The number of benzene rings is 2. The van der Waals surface area contributed by atoms with Crippen LogP contribution in [0.2, 0.25) is 0 Å². The lowest BCUT2D eigenvalue weighted by Crippen LogP contribution is -2.39. The fourth-order valence-corrected chi connectivity index (χ4v) is 3.72. The summed E-state index contributed by atoms with van der Waals surface area (Å²) in [6.07, 6.45) is 5.26. The van der Waals surface area contributed by atoms with Gasteiger partial charge in [-0.2, -0.15) is 5.10 Å². The van der Waals surface area contributed by atoms with Gasteiger partial charge >= 0.3 is 0 Å². The highest BCUT2D eigenvalue weighted by Crippen LogP contribution is 2.27. The SMILES string of the molecule is COc1ccc2cc(C3CN(CCCn4cc(C)cn4)CCO3)ccc2c1. The van der Waals surface area contributed by atoms with Crippen LogP contribution in [-0.4, -0.2) is 48.0 Å². The molecule has 5 heteroatoms. The van der Waals surface area contributed by atoms with Gasteiger partial charge in [0.15, 0.2) is 0 Å². The second kappa shape index (κ2) is 8.11. The minimum absolute atomic E-state index is 0.136. The largest absolute Gasteiger partial charge is 0.497 e. The molecule has 5 nitrogen and oxygen atoms in total. The van der Waals surface area contributed by atoms with Gasteiger partial charge in [0.2, 0.25) is 0 Å². The molecule has 1 fully saturated rings. The Morgan fingerprint density at radius 3 is 2.81 bits per heavy atom. The number of aromatic nitrogens is 2. The van der Waals surface area contributed by atoms with Gasteiger partial charge in [0.05, 0.1) is 26.0 Å². The van der Waals surface area contributed by atoms with Gasteiger partial charge in [-0.1, -0.05) is 18.2 Å². The molecule has 1 aliphatic heterocycles. The van der Waals surface area contributed by atoms with Crippen LogP contribution < -0.4 is 4.74 Å². The van der Waals surface area contributed by atoms with Crippen LogP contribution in [0.3, 0.4) is 0 Å². The molecule has 0 spiro atoms. The topological polar surface area (TPSA) is 39.5 Å². The highest BCUT2D eigenvalue weighted by molar-refractivity contribution is 5.84. The predicted octanol–water partition coefficient (Wildman–Crippen LogP) is 3.82. The number of morpholine rings is 1. The molecule has 2 heterocycles. The van der Waals surface area contributed by atoms with Crippen molar-refractivity contribution in [1.29, 1.82) is 0 Å². The highest BCUT2D eigenvalue weighted by Gasteiger charge is 2.21. The average molecular weight is 365 g/mol. The third-order valence-electron chi connectivity index (χ3n) is 5.22. The summed E-state index contributed by atoms with van der Waals surface area (Å²) in [5, 5.41) is 6.79. The number of methoxy groups -OCH3 is 1. The van der Waals surface area contributed by atoms with Gasteiger partial charge in [-0.15, -0.1) is 0 Å². The van der Waals surface area contributed by atoms with E-state index in [1.165, 1.54) is 21.9 Å². The zero-order valence-electron chi connectivity index (χ0n) is 16.1. The Labute approximate surface area is 160 Å². The molecule has 0 radical (unpaired) electrons. The number of ether oxygens (including phenoxy) is 2. The summed E-state index contributed by atoms with van der Waals surface area (Å²) in [7, 11) is 1.70. The third kappa shape index (κ3) is 4.31. The van der Waals surface area contributed by atoms with Crippen LogP contribution in [0.4, 0.5) is 0 Å². The fraction of sp³-hybridized carbons (Fsp3) is 0.409. The number of nitrogens with zero attached hydrogens (tertiary/aromatic N) is 3. The number of hydrogen-bond acceptors (Lipinski definition) is 4. The molecule has 3 aromatic rings. The van der Waals surface area contributed by atoms with Crippen molar-refractivity contribution in [2.24, 2.45) is 0 Å². The normalized spacial score (nSPS) is 18.1. The van der Waals surface area contributed by atoms with Crippen LogP contribution >= 0.6 is 0 Å². The van der Waals surface area contributed by atoms with E-state index >= 15 is 0 Å². The molecule has 1 saturated heterocycles. The maximum absolute atomic E-state index is 6.07. The van der Waals surface area contributed by atoms with Gasteiger partial charge in [0.1, 0.15) is 5.75 Å². The molecule has 0 N–H and O–H groups in total. The zero-order chi connectivity index (χ0) is 18.6. The first kappa shape index (κ1) is 18.0. The summed E-state index contributed by atoms with van der Waals surface area (Å²) in [5.74, 6) is 0.891. The molecule has 142 valence electrons. The van der Waals surface area contributed by atoms with Gasteiger partial charge in [-0.05, 0) is 53.4 Å². The minimum atomic E-state index is 0.136. The lowest BCUT2D eigenvalue weighted by molar-refractivity contribution is -0.0304. The molecular formula is C22H27N3O2. The maximum atomic E-state index is 6.07. The van der Waals surface area contributed by atoms with Crippen LogP contribution in [-0.2, 0) is 11.3 Å². The molecule has 27 heavy (non-hydrogen) atoms. The quantitative estimate of drug-likeness (QED) is 0.666. The van der Waals surface area contributed by atoms with Gasteiger partial charge < -0.3 is 9.47 Å². The van der Waals surface area contributed by atoms with E-state index in [1.807, 2.05) is 16.9 Å². The first-order valence-electron chi connectivity index (χ1n) is 9.62. The summed E-state index contributed by atoms with van der Waals surface area (Å²) in [4.78, 5) is 2.50. The van der Waals surface area contributed by atoms with Crippen LogP contribution in [0.25, 0.3) is 10.8 Å². The monoisotopic (exact) mass is 365 g/mol. The van der Waals surface area contributed by atoms with E-state index in [-0.39, 0.29) is 6.10 Å². The molecule has 1 unspecified atom stereocenters. The average Bonchev–Trinajstić information content (AvgIpc) is 3.12. The van der Waals surface area contributed by atoms with Crippen molar-refractivity contribution >= 4 is 10.8 Å². The minimum Gasteiger partial charge on any atom is -0.497 e. The van der Waals surface area contributed by atoms with E-state index in [1.54, 1.807) is 7.11 Å². The molecule has 1 atom stereocenters. The van der Waals surface area contributed by atoms with Crippen molar-refractivity contribution < 1.29 is 9.47 Å². The number of rotatable bonds is 6. The third-order valence-corrected chi connectivity index (χ3v) is 5.22. The van der Waals surface area contributed by atoms with E-state index in [0.29, 0.717) is 0 Å². The summed E-state index contributed by atoms with van der Waals surface area (Å²) in [6, 6.07) is 12.8. The maximum Gasteiger partial charge on any atom is 0.119 e. The highest BCUT2D eigenvalue weighted by atomic mass is 16.5. The lowest BCUT2D eigenvalue weighted by Gasteiger charge is -2.33.